The van der Waals surface area contributed by atoms with Crippen LogP contribution in [-0.2, 0) is 29.1 Å². The molecular weight excluding hydrogens is 424 g/mol. The first-order chi connectivity index (χ1) is 15.4. The van der Waals surface area contributed by atoms with Crippen LogP contribution in [0, 0.1) is 29.1 Å². The first-order valence-electron chi connectivity index (χ1n) is 13.0. The van der Waals surface area contributed by atoms with Crippen molar-refractivity contribution in [1.29, 1.82) is 0 Å². The van der Waals surface area contributed by atoms with Crippen LogP contribution in [0.5, 0.6) is 0 Å². The minimum Gasteiger partial charge on any atom is -0.417 e. The molecule has 3 aliphatic carbocycles. The summed E-state index contributed by atoms with van der Waals surface area (Å²) in [5.41, 5.74) is 6.13. The highest BCUT2D eigenvalue weighted by Gasteiger charge is 2.57. The molecule has 0 radical (unpaired) electrons. The van der Waals surface area contributed by atoms with Crippen LogP contribution in [0.15, 0.2) is 12.4 Å². The maximum absolute atomic E-state index is 6.88. The lowest BCUT2D eigenvalue weighted by Gasteiger charge is -2.55. The quantitative estimate of drug-likeness (QED) is 0.537. The third kappa shape index (κ3) is 3.50. The molecule has 1 fully saturated rings. The first-order valence-corrected chi connectivity index (χ1v) is 16.0. The summed E-state index contributed by atoms with van der Waals surface area (Å²) in [6, 6.07) is 0. The molecular formula is C27H44N4OSi. The van der Waals surface area contributed by atoms with Crippen molar-refractivity contribution in [1.82, 2.24) is 20.4 Å². The Hall–Kier alpha value is -1.40. The fraction of sp³-hybridized carbons (Fsp3) is 0.778. The molecule has 2 N–H and O–H groups in total. The van der Waals surface area contributed by atoms with Crippen LogP contribution < -0.4 is 0 Å². The monoisotopic (exact) mass is 468 g/mol. The summed E-state index contributed by atoms with van der Waals surface area (Å²) in [6.45, 7) is 20.3. The van der Waals surface area contributed by atoms with E-state index in [0.717, 1.165) is 19.4 Å². The Bertz CT molecular complexity index is 1020. The molecule has 0 spiro atoms. The number of hydrogen-bond donors (Lipinski definition) is 2. The molecule has 2 heterocycles. The molecule has 2 aromatic rings. The van der Waals surface area contributed by atoms with Gasteiger partial charge in [0.1, 0.15) is 0 Å². The van der Waals surface area contributed by atoms with Gasteiger partial charge in [-0.25, -0.2) is 0 Å². The molecule has 6 heteroatoms. The van der Waals surface area contributed by atoms with Gasteiger partial charge in [0, 0.05) is 23.4 Å². The van der Waals surface area contributed by atoms with Gasteiger partial charge >= 0.3 is 0 Å². The van der Waals surface area contributed by atoms with Crippen molar-refractivity contribution in [3.8, 4) is 0 Å². The maximum atomic E-state index is 6.88. The van der Waals surface area contributed by atoms with Crippen molar-refractivity contribution >= 4 is 8.32 Å². The molecule has 0 amide bonds. The fourth-order valence-electron chi connectivity index (χ4n) is 7.52. The van der Waals surface area contributed by atoms with Gasteiger partial charge in [-0.1, -0.05) is 41.5 Å². The summed E-state index contributed by atoms with van der Waals surface area (Å²) in [5.74, 6) is 2.60. The summed E-state index contributed by atoms with van der Waals surface area (Å²) in [4.78, 5) is 0. The van der Waals surface area contributed by atoms with Crippen molar-refractivity contribution in [2.75, 3.05) is 6.61 Å². The molecule has 0 bridgehead atoms. The van der Waals surface area contributed by atoms with Crippen molar-refractivity contribution in [2.45, 2.75) is 97.2 Å². The van der Waals surface area contributed by atoms with E-state index in [9.17, 15) is 0 Å². The highest BCUT2D eigenvalue weighted by Crippen LogP contribution is 2.60. The van der Waals surface area contributed by atoms with E-state index in [4.69, 9.17) is 4.43 Å². The van der Waals surface area contributed by atoms with Crippen LogP contribution in [0.3, 0.4) is 0 Å². The molecule has 33 heavy (non-hydrogen) atoms. The van der Waals surface area contributed by atoms with Crippen molar-refractivity contribution in [3.05, 3.63) is 34.9 Å². The van der Waals surface area contributed by atoms with E-state index in [1.54, 1.807) is 0 Å². The summed E-state index contributed by atoms with van der Waals surface area (Å²) >= 11 is 0. The topological polar surface area (TPSA) is 66.6 Å². The molecule has 0 saturated heterocycles. The molecule has 5 nitrogen and oxygen atoms in total. The molecule has 3 aliphatic rings. The number of aromatic amines is 2. The van der Waals surface area contributed by atoms with Crippen LogP contribution in [0.25, 0.3) is 0 Å². The van der Waals surface area contributed by atoms with Gasteiger partial charge in [-0.2, -0.15) is 10.2 Å². The normalized spacial score (nSPS) is 36.4. The van der Waals surface area contributed by atoms with Crippen molar-refractivity contribution < 1.29 is 4.43 Å². The average Bonchev–Trinajstić information content (AvgIpc) is 3.42. The highest BCUT2D eigenvalue weighted by molar-refractivity contribution is 6.74. The van der Waals surface area contributed by atoms with E-state index in [2.05, 4.69) is 87.4 Å². The number of nitrogens with one attached hydrogen (secondary N) is 2. The van der Waals surface area contributed by atoms with Crippen LogP contribution in [0.4, 0.5) is 0 Å². The third-order valence-electron chi connectivity index (χ3n) is 10.9. The van der Waals surface area contributed by atoms with Gasteiger partial charge in [-0.05, 0) is 90.4 Å². The van der Waals surface area contributed by atoms with E-state index in [0.29, 0.717) is 23.7 Å². The largest absolute Gasteiger partial charge is 0.417 e. The summed E-state index contributed by atoms with van der Waals surface area (Å²) in [5, 5.41) is 15.7. The Morgan fingerprint density at radius 3 is 2.48 bits per heavy atom. The van der Waals surface area contributed by atoms with Gasteiger partial charge in [0.05, 0.1) is 12.4 Å². The number of fused-ring (bicyclic) bond motifs is 4. The zero-order valence-electron chi connectivity index (χ0n) is 22.0. The number of H-pyrrole nitrogens is 2. The second-order valence-corrected chi connectivity index (χ2v) is 18.3. The summed E-state index contributed by atoms with van der Waals surface area (Å²) < 4.78 is 6.88. The van der Waals surface area contributed by atoms with Gasteiger partial charge in [0.25, 0.3) is 0 Å². The Morgan fingerprint density at radius 1 is 1.06 bits per heavy atom. The number of aromatic nitrogens is 4. The maximum Gasteiger partial charge on any atom is 0.191 e. The zero-order valence-corrected chi connectivity index (χ0v) is 23.0. The average molecular weight is 469 g/mol. The second kappa shape index (κ2) is 7.55. The van der Waals surface area contributed by atoms with Gasteiger partial charge < -0.3 is 4.43 Å². The van der Waals surface area contributed by atoms with Gasteiger partial charge in [0.15, 0.2) is 8.32 Å². The van der Waals surface area contributed by atoms with Crippen molar-refractivity contribution in [2.24, 2.45) is 29.1 Å². The zero-order chi connectivity index (χ0) is 23.8. The van der Waals surface area contributed by atoms with Crippen molar-refractivity contribution in [3.63, 3.8) is 0 Å². The summed E-state index contributed by atoms with van der Waals surface area (Å²) in [7, 11) is -1.80. The minimum absolute atomic E-state index is 0.231. The molecule has 0 aliphatic heterocycles. The number of hydrogen-bond acceptors (Lipinski definition) is 3. The predicted octanol–water partition coefficient (Wildman–Crippen LogP) is 6.05. The Labute approximate surface area is 201 Å². The molecule has 1 saturated carbocycles. The second-order valence-electron chi connectivity index (χ2n) is 13.5. The lowest BCUT2D eigenvalue weighted by molar-refractivity contribution is -0.0416. The molecule has 2 aromatic heterocycles. The third-order valence-corrected chi connectivity index (χ3v) is 15.4. The predicted molar refractivity (Wildman–Crippen MR) is 136 cm³/mol. The van der Waals surface area contributed by atoms with Crippen LogP contribution in [0.1, 0.15) is 76.9 Å². The Morgan fingerprint density at radius 2 is 1.76 bits per heavy atom. The number of nitrogens with zero attached hydrogens (tertiary/aromatic N) is 2. The van der Waals surface area contributed by atoms with E-state index in [-0.39, 0.29) is 15.9 Å². The molecule has 5 rings (SSSR count). The first kappa shape index (κ1) is 23.3. The number of rotatable bonds is 4. The van der Waals surface area contributed by atoms with E-state index < -0.39 is 8.32 Å². The van der Waals surface area contributed by atoms with E-state index >= 15 is 0 Å². The van der Waals surface area contributed by atoms with E-state index in [1.165, 1.54) is 41.8 Å². The van der Waals surface area contributed by atoms with Crippen LogP contribution >= 0.6 is 0 Å². The molecule has 6 atom stereocenters. The lowest BCUT2D eigenvalue weighted by atomic mass is 9.50. The van der Waals surface area contributed by atoms with E-state index in [1.807, 2.05) is 0 Å². The lowest BCUT2D eigenvalue weighted by Crippen LogP contribution is -2.53. The summed E-state index contributed by atoms with van der Waals surface area (Å²) in [6.07, 6.45) is 10.1. The Kier molecular flexibility index (Phi) is 5.34. The van der Waals surface area contributed by atoms with Crippen LogP contribution in [-0.4, -0.2) is 35.3 Å². The minimum atomic E-state index is -1.80. The highest BCUT2D eigenvalue weighted by atomic mass is 28.4. The van der Waals surface area contributed by atoms with Gasteiger partial charge in [-0.15, -0.1) is 0 Å². The van der Waals surface area contributed by atoms with Gasteiger partial charge in [0.2, 0.25) is 0 Å². The standard InChI is InChI=1S/C27H44N4OSi/c1-17-21(9-10-26(5)22(17)11-18-14-29-31-24(18)26)27(6)13-19-15-28-30-23(19)12-20(27)16-32-33(7,8)25(2,3)4/h14-15,17,20-22H,9-13,16H2,1-8H3,(H,28,30)(H,29,31)/t17-,20-,21+,22+,26+,27+/m1/s1. The SMILES string of the molecule is C[C@@H]1[C@@H]([C@@]2(C)Cc3cn[nH]c3C[C@@H]2CO[Si](C)(C)C(C)(C)C)CC[C@]2(C)c3[nH]ncc3C[C@@H]12. The smallest absolute Gasteiger partial charge is 0.191 e. The Balaban J connectivity index is 1.44. The van der Waals surface area contributed by atoms with Gasteiger partial charge in [-0.3, -0.25) is 10.2 Å². The molecule has 182 valence electrons. The van der Waals surface area contributed by atoms with Crippen LogP contribution in [0.2, 0.25) is 18.1 Å². The fourth-order valence-corrected chi connectivity index (χ4v) is 8.57. The molecule has 0 unspecified atom stereocenters. The molecule has 0 aromatic carbocycles.